The van der Waals surface area contributed by atoms with Crippen molar-refractivity contribution in [2.24, 2.45) is 11.8 Å². The third-order valence-corrected chi connectivity index (χ3v) is 3.52. The Morgan fingerprint density at radius 1 is 1.45 bits per heavy atom. The van der Waals surface area contributed by atoms with E-state index in [4.69, 9.17) is 0 Å². The molecule has 7 nitrogen and oxygen atoms in total. The van der Waals surface area contributed by atoms with Crippen LogP contribution in [0.3, 0.4) is 0 Å². The van der Waals surface area contributed by atoms with Crippen LogP contribution in [-0.2, 0) is 4.79 Å². The first-order valence-corrected chi connectivity index (χ1v) is 6.56. The highest BCUT2D eigenvalue weighted by atomic mass is 16.1. The Morgan fingerprint density at radius 2 is 2.35 bits per heavy atom. The summed E-state index contributed by atoms with van der Waals surface area (Å²) in [7, 11) is 0. The fourth-order valence-electron chi connectivity index (χ4n) is 2.32. The van der Waals surface area contributed by atoms with Crippen LogP contribution >= 0.6 is 0 Å². The molecule has 0 bridgehead atoms. The van der Waals surface area contributed by atoms with E-state index in [-0.39, 0.29) is 11.8 Å². The molecule has 2 aromatic rings. The highest BCUT2D eigenvalue weighted by molar-refractivity contribution is 5.93. The smallest absolute Gasteiger partial charge is 0.229 e. The lowest BCUT2D eigenvalue weighted by molar-refractivity contribution is -0.120. The number of rotatable bonds is 3. The van der Waals surface area contributed by atoms with Crippen molar-refractivity contribution in [2.45, 2.75) is 6.92 Å². The lowest BCUT2D eigenvalue weighted by atomic mass is 9.97. The van der Waals surface area contributed by atoms with Crippen LogP contribution in [0.5, 0.6) is 0 Å². The summed E-state index contributed by atoms with van der Waals surface area (Å²) in [5, 5.41) is 10.1. The summed E-state index contributed by atoms with van der Waals surface area (Å²) in [5.41, 5.74) is 0.693. The first kappa shape index (κ1) is 12.7. The molecule has 0 aromatic carbocycles. The summed E-state index contributed by atoms with van der Waals surface area (Å²) < 4.78 is 1.56. The summed E-state index contributed by atoms with van der Waals surface area (Å²) in [6, 6.07) is 3.61. The number of amides is 1. The minimum absolute atomic E-state index is 0.0185. The van der Waals surface area contributed by atoms with Gasteiger partial charge in [-0.15, -0.1) is 0 Å². The summed E-state index contributed by atoms with van der Waals surface area (Å²) in [6.45, 7) is 3.70. The van der Waals surface area contributed by atoms with Gasteiger partial charge in [0.1, 0.15) is 12.7 Å². The van der Waals surface area contributed by atoms with Crippen LogP contribution in [0.4, 0.5) is 5.69 Å². The SMILES string of the molecule is C[C@@H]1CNC[C@H]1C(=O)Nc1ccc(-n2cncn2)nc1. The van der Waals surface area contributed by atoms with Gasteiger partial charge < -0.3 is 10.6 Å². The topological polar surface area (TPSA) is 84.7 Å². The van der Waals surface area contributed by atoms with E-state index in [1.165, 1.54) is 6.33 Å². The maximum absolute atomic E-state index is 12.1. The Hall–Kier alpha value is -2.28. The van der Waals surface area contributed by atoms with Crippen LogP contribution in [0.15, 0.2) is 31.0 Å². The van der Waals surface area contributed by atoms with E-state index < -0.39 is 0 Å². The molecule has 104 valence electrons. The molecule has 1 aliphatic heterocycles. The van der Waals surface area contributed by atoms with E-state index in [2.05, 4.69) is 32.6 Å². The standard InChI is InChI=1S/C13H16N6O/c1-9-4-14-6-11(9)13(20)18-10-2-3-12(16-5-10)19-8-15-7-17-19/h2-3,5,7-9,11,14H,4,6H2,1H3,(H,18,20)/t9-,11-/m1/s1. The fraction of sp³-hybridized carbons (Fsp3) is 0.385. The van der Waals surface area contributed by atoms with Gasteiger partial charge in [-0.05, 0) is 24.6 Å². The van der Waals surface area contributed by atoms with Crippen LogP contribution in [0.25, 0.3) is 5.82 Å². The van der Waals surface area contributed by atoms with Gasteiger partial charge in [0, 0.05) is 6.54 Å². The summed E-state index contributed by atoms with van der Waals surface area (Å²) in [5.74, 6) is 1.08. The molecule has 0 spiro atoms. The quantitative estimate of drug-likeness (QED) is 0.847. The van der Waals surface area contributed by atoms with Crippen LogP contribution in [0.1, 0.15) is 6.92 Å². The molecule has 0 radical (unpaired) electrons. The predicted molar refractivity (Wildman–Crippen MR) is 73.3 cm³/mol. The Balaban J connectivity index is 1.68. The molecular weight excluding hydrogens is 256 g/mol. The van der Waals surface area contributed by atoms with E-state index in [1.54, 1.807) is 23.3 Å². The Bertz CT molecular complexity index is 579. The molecule has 3 rings (SSSR count). The number of hydrogen-bond donors (Lipinski definition) is 2. The molecule has 0 unspecified atom stereocenters. The number of pyridine rings is 1. The third kappa shape index (κ3) is 2.53. The Morgan fingerprint density at radius 3 is 2.95 bits per heavy atom. The summed E-state index contributed by atoms with van der Waals surface area (Å²) >= 11 is 0. The van der Waals surface area contributed by atoms with Gasteiger partial charge in [-0.3, -0.25) is 4.79 Å². The molecule has 0 aliphatic carbocycles. The van der Waals surface area contributed by atoms with E-state index in [9.17, 15) is 4.79 Å². The van der Waals surface area contributed by atoms with Crippen LogP contribution < -0.4 is 10.6 Å². The van der Waals surface area contributed by atoms with Crippen molar-refractivity contribution < 1.29 is 4.79 Å². The van der Waals surface area contributed by atoms with Crippen molar-refractivity contribution >= 4 is 11.6 Å². The van der Waals surface area contributed by atoms with E-state index in [0.29, 0.717) is 17.4 Å². The molecule has 1 amide bonds. The second-order valence-electron chi connectivity index (χ2n) is 4.98. The summed E-state index contributed by atoms with van der Waals surface area (Å²) in [6.07, 6.45) is 4.65. The fourth-order valence-corrected chi connectivity index (χ4v) is 2.32. The number of carbonyl (C=O) groups excluding carboxylic acids is 1. The van der Waals surface area contributed by atoms with Gasteiger partial charge in [-0.2, -0.15) is 5.10 Å². The largest absolute Gasteiger partial charge is 0.324 e. The zero-order chi connectivity index (χ0) is 13.9. The van der Waals surface area contributed by atoms with Gasteiger partial charge in [0.15, 0.2) is 5.82 Å². The predicted octanol–water partition coefficient (Wildman–Crippen LogP) is 0.456. The first-order chi connectivity index (χ1) is 9.74. The van der Waals surface area contributed by atoms with Crippen molar-refractivity contribution in [3.05, 3.63) is 31.0 Å². The average Bonchev–Trinajstić information content (AvgIpc) is 3.10. The molecule has 2 atom stereocenters. The molecular formula is C13H16N6O. The highest BCUT2D eigenvalue weighted by Gasteiger charge is 2.29. The molecule has 2 N–H and O–H groups in total. The van der Waals surface area contributed by atoms with Crippen molar-refractivity contribution in [1.29, 1.82) is 0 Å². The molecule has 1 aliphatic rings. The highest BCUT2D eigenvalue weighted by Crippen LogP contribution is 2.18. The minimum atomic E-state index is 0.0185. The minimum Gasteiger partial charge on any atom is -0.324 e. The molecule has 20 heavy (non-hydrogen) atoms. The number of aromatic nitrogens is 4. The molecule has 7 heteroatoms. The molecule has 3 heterocycles. The maximum atomic E-state index is 12.1. The molecule has 2 aromatic heterocycles. The second-order valence-corrected chi connectivity index (χ2v) is 4.98. The normalized spacial score (nSPS) is 21.9. The molecule has 1 saturated heterocycles. The number of nitrogens with one attached hydrogen (secondary N) is 2. The van der Waals surface area contributed by atoms with Crippen molar-refractivity contribution in [2.75, 3.05) is 18.4 Å². The maximum Gasteiger partial charge on any atom is 0.229 e. The van der Waals surface area contributed by atoms with Crippen LogP contribution in [-0.4, -0.2) is 38.7 Å². The van der Waals surface area contributed by atoms with Gasteiger partial charge in [-0.1, -0.05) is 6.92 Å². The van der Waals surface area contributed by atoms with Gasteiger partial charge >= 0.3 is 0 Å². The molecule has 0 saturated carbocycles. The van der Waals surface area contributed by atoms with Crippen molar-refractivity contribution in [3.63, 3.8) is 0 Å². The molecule has 1 fully saturated rings. The van der Waals surface area contributed by atoms with Gasteiger partial charge in [-0.25, -0.2) is 14.6 Å². The second kappa shape index (κ2) is 5.38. The number of hydrogen-bond acceptors (Lipinski definition) is 5. The van der Waals surface area contributed by atoms with E-state index >= 15 is 0 Å². The van der Waals surface area contributed by atoms with E-state index in [0.717, 1.165) is 13.1 Å². The first-order valence-electron chi connectivity index (χ1n) is 6.56. The number of nitrogens with zero attached hydrogens (tertiary/aromatic N) is 4. The Kier molecular flexibility index (Phi) is 3.42. The zero-order valence-corrected chi connectivity index (χ0v) is 11.2. The average molecular weight is 272 g/mol. The monoisotopic (exact) mass is 272 g/mol. The van der Waals surface area contributed by atoms with E-state index in [1.807, 2.05) is 6.07 Å². The number of anilines is 1. The summed E-state index contributed by atoms with van der Waals surface area (Å²) in [4.78, 5) is 20.2. The van der Waals surface area contributed by atoms with Crippen LogP contribution in [0, 0.1) is 11.8 Å². The Labute approximate surface area is 116 Å². The number of carbonyl (C=O) groups is 1. The van der Waals surface area contributed by atoms with Gasteiger partial charge in [0.25, 0.3) is 0 Å². The van der Waals surface area contributed by atoms with Crippen LogP contribution in [0.2, 0.25) is 0 Å². The third-order valence-electron chi connectivity index (χ3n) is 3.52. The van der Waals surface area contributed by atoms with Crippen molar-refractivity contribution in [3.8, 4) is 5.82 Å². The lowest BCUT2D eigenvalue weighted by Gasteiger charge is -2.14. The van der Waals surface area contributed by atoms with Crippen molar-refractivity contribution in [1.82, 2.24) is 25.1 Å². The van der Waals surface area contributed by atoms with Gasteiger partial charge in [0.2, 0.25) is 5.91 Å². The lowest BCUT2D eigenvalue weighted by Crippen LogP contribution is -2.27. The zero-order valence-electron chi connectivity index (χ0n) is 11.2. The van der Waals surface area contributed by atoms with Gasteiger partial charge in [0.05, 0.1) is 17.8 Å².